The molecule has 0 unspecified atom stereocenters. The molecule has 1 heteroatoms. The van der Waals surface area contributed by atoms with Crippen LogP contribution in [0.15, 0.2) is 212 Å². The molecule has 0 aromatic heterocycles. The van der Waals surface area contributed by atoms with E-state index in [1.54, 1.807) is 0 Å². The van der Waals surface area contributed by atoms with Gasteiger partial charge in [-0.15, -0.1) is 0 Å². The van der Waals surface area contributed by atoms with Crippen molar-refractivity contribution in [3.05, 3.63) is 268 Å². The third-order valence-corrected chi connectivity index (χ3v) is 18.2. The number of anilines is 3. The van der Waals surface area contributed by atoms with Gasteiger partial charge < -0.3 is 4.90 Å². The zero-order chi connectivity index (χ0) is 52.3. The van der Waals surface area contributed by atoms with Gasteiger partial charge in [-0.1, -0.05) is 251 Å². The first kappa shape index (κ1) is 46.5. The summed E-state index contributed by atoms with van der Waals surface area (Å²) in [6.45, 7) is 23.7. The summed E-state index contributed by atoms with van der Waals surface area (Å²) in [5.74, 6) is 0. The van der Waals surface area contributed by atoms with Gasteiger partial charge in [0.15, 0.2) is 0 Å². The molecule has 76 heavy (non-hydrogen) atoms. The summed E-state index contributed by atoms with van der Waals surface area (Å²) in [5, 5.41) is 0. The zero-order valence-electron chi connectivity index (χ0n) is 45.7. The van der Waals surface area contributed by atoms with E-state index >= 15 is 0 Å². The Kier molecular flexibility index (Phi) is 9.80. The third-order valence-electron chi connectivity index (χ3n) is 18.2. The van der Waals surface area contributed by atoms with Crippen molar-refractivity contribution in [1.29, 1.82) is 0 Å². The summed E-state index contributed by atoms with van der Waals surface area (Å²) in [6.07, 6.45) is 0. The third kappa shape index (κ3) is 6.38. The molecule has 14 rings (SSSR count). The van der Waals surface area contributed by atoms with E-state index in [9.17, 15) is 0 Å². The summed E-state index contributed by atoms with van der Waals surface area (Å²) in [5.41, 5.74) is 31.7. The van der Waals surface area contributed by atoms with Gasteiger partial charge in [0.2, 0.25) is 0 Å². The van der Waals surface area contributed by atoms with Crippen LogP contribution in [0.5, 0.6) is 0 Å². The molecule has 0 heterocycles. The SMILES string of the molecule is CC(C)(C)c1ccc2c(c1)C1(c3cc(C(C)(C)C)ccc3-2)c2ccccc2-c2c(N(c3ccc(-c4ccc5c(c4)C(C)(C)c4ccccc4-5)cc3)c3ccccc3-c3cccc4c3C(C)(C)c3ccccc3-4)cccc21. The van der Waals surface area contributed by atoms with Crippen LogP contribution in [0.3, 0.4) is 0 Å². The number of benzene rings is 10. The molecule has 4 aliphatic rings. The summed E-state index contributed by atoms with van der Waals surface area (Å²) < 4.78 is 0. The largest absolute Gasteiger partial charge is 0.309 e. The Bertz CT molecular complexity index is 4000. The number of nitrogens with zero attached hydrogens (tertiary/aromatic N) is 1. The quantitative estimate of drug-likeness (QED) is 0.166. The van der Waals surface area contributed by atoms with Crippen LogP contribution in [-0.2, 0) is 27.1 Å². The highest BCUT2D eigenvalue weighted by atomic mass is 15.1. The van der Waals surface area contributed by atoms with E-state index in [4.69, 9.17) is 0 Å². The van der Waals surface area contributed by atoms with Crippen molar-refractivity contribution in [2.75, 3.05) is 4.90 Å². The van der Waals surface area contributed by atoms with Crippen molar-refractivity contribution in [2.24, 2.45) is 0 Å². The fraction of sp³-hybridized carbons (Fsp3) is 0.200. The van der Waals surface area contributed by atoms with Gasteiger partial charge in [0.1, 0.15) is 0 Å². The van der Waals surface area contributed by atoms with Gasteiger partial charge in [0, 0.05) is 27.6 Å². The van der Waals surface area contributed by atoms with Crippen molar-refractivity contribution in [1.82, 2.24) is 0 Å². The minimum Gasteiger partial charge on any atom is -0.309 e. The molecule has 0 radical (unpaired) electrons. The summed E-state index contributed by atoms with van der Waals surface area (Å²) >= 11 is 0. The maximum Gasteiger partial charge on any atom is 0.0726 e. The van der Waals surface area contributed by atoms with Crippen molar-refractivity contribution < 1.29 is 0 Å². The van der Waals surface area contributed by atoms with Gasteiger partial charge >= 0.3 is 0 Å². The summed E-state index contributed by atoms with van der Waals surface area (Å²) in [7, 11) is 0. The van der Waals surface area contributed by atoms with Crippen LogP contribution in [-0.4, -0.2) is 0 Å². The van der Waals surface area contributed by atoms with Gasteiger partial charge in [-0.05, 0) is 152 Å². The van der Waals surface area contributed by atoms with E-state index in [1.807, 2.05) is 0 Å². The lowest BCUT2D eigenvalue weighted by Gasteiger charge is -2.34. The average Bonchev–Trinajstić information content (AvgIpc) is 4.14. The van der Waals surface area contributed by atoms with E-state index in [2.05, 4.69) is 286 Å². The molecule has 0 saturated heterocycles. The predicted molar refractivity (Wildman–Crippen MR) is 321 cm³/mol. The second kappa shape index (κ2) is 16.0. The van der Waals surface area contributed by atoms with Crippen LogP contribution >= 0.6 is 0 Å². The van der Waals surface area contributed by atoms with Gasteiger partial charge in [-0.3, -0.25) is 0 Å². The first-order chi connectivity index (χ1) is 36.5. The van der Waals surface area contributed by atoms with Gasteiger partial charge in [0.25, 0.3) is 0 Å². The molecule has 1 spiro atoms. The molecule has 0 saturated carbocycles. The Labute approximate surface area is 450 Å². The lowest BCUT2D eigenvalue weighted by atomic mass is 9.69. The highest BCUT2D eigenvalue weighted by molar-refractivity contribution is 6.03. The van der Waals surface area contributed by atoms with E-state index in [1.165, 1.54) is 128 Å². The van der Waals surface area contributed by atoms with Crippen molar-refractivity contribution in [3.63, 3.8) is 0 Å². The van der Waals surface area contributed by atoms with E-state index in [-0.39, 0.29) is 21.7 Å². The molecule has 0 N–H and O–H groups in total. The molecule has 10 aromatic carbocycles. The van der Waals surface area contributed by atoms with Gasteiger partial charge in [-0.2, -0.15) is 0 Å². The number of fused-ring (bicyclic) bond motifs is 16. The number of hydrogen-bond acceptors (Lipinski definition) is 1. The van der Waals surface area contributed by atoms with Crippen molar-refractivity contribution in [2.45, 2.75) is 96.3 Å². The lowest BCUT2D eigenvalue weighted by Crippen LogP contribution is -2.27. The Morgan fingerprint density at radius 1 is 0.303 bits per heavy atom. The first-order valence-corrected chi connectivity index (χ1v) is 27.5. The van der Waals surface area contributed by atoms with Crippen molar-refractivity contribution in [3.8, 4) is 66.8 Å². The maximum atomic E-state index is 2.60. The highest BCUT2D eigenvalue weighted by Crippen LogP contribution is 2.66. The molecule has 0 fully saturated rings. The second-order valence-corrected chi connectivity index (χ2v) is 25.2. The Hall–Kier alpha value is -8.00. The van der Waals surface area contributed by atoms with Crippen LogP contribution < -0.4 is 4.90 Å². The Balaban J connectivity index is 1.02. The molecule has 4 aliphatic carbocycles. The van der Waals surface area contributed by atoms with Gasteiger partial charge in [-0.25, -0.2) is 0 Å². The molecule has 370 valence electrons. The molecule has 0 amide bonds. The lowest BCUT2D eigenvalue weighted by molar-refractivity contribution is 0.586. The number of para-hydroxylation sites is 1. The average molecular weight is 980 g/mol. The first-order valence-electron chi connectivity index (χ1n) is 27.5. The fourth-order valence-electron chi connectivity index (χ4n) is 14.4. The van der Waals surface area contributed by atoms with Crippen molar-refractivity contribution >= 4 is 17.1 Å². The molecule has 1 nitrogen and oxygen atoms in total. The van der Waals surface area contributed by atoms with E-state index < -0.39 is 5.41 Å². The summed E-state index contributed by atoms with van der Waals surface area (Å²) in [6, 6.07) is 81.9. The molecular formula is C75H65N. The Morgan fingerprint density at radius 2 is 0.737 bits per heavy atom. The maximum absolute atomic E-state index is 2.60. The predicted octanol–water partition coefficient (Wildman–Crippen LogP) is 20.0. The van der Waals surface area contributed by atoms with Gasteiger partial charge in [0.05, 0.1) is 16.8 Å². The van der Waals surface area contributed by atoms with Crippen LogP contribution in [0, 0.1) is 0 Å². The van der Waals surface area contributed by atoms with E-state index in [0.717, 1.165) is 11.4 Å². The second-order valence-electron chi connectivity index (χ2n) is 25.2. The highest BCUT2D eigenvalue weighted by Gasteiger charge is 2.53. The molecule has 0 bridgehead atoms. The van der Waals surface area contributed by atoms with Crippen LogP contribution in [0.4, 0.5) is 17.1 Å². The van der Waals surface area contributed by atoms with Crippen LogP contribution in [0.2, 0.25) is 0 Å². The fourth-order valence-corrected chi connectivity index (χ4v) is 14.4. The smallest absolute Gasteiger partial charge is 0.0726 e. The zero-order valence-corrected chi connectivity index (χ0v) is 45.7. The molecule has 0 aliphatic heterocycles. The molecule has 10 aromatic rings. The summed E-state index contributed by atoms with van der Waals surface area (Å²) in [4.78, 5) is 2.60. The van der Waals surface area contributed by atoms with Crippen LogP contribution in [0.25, 0.3) is 66.8 Å². The minimum absolute atomic E-state index is 0.0361. The topological polar surface area (TPSA) is 3.24 Å². The molecular weight excluding hydrogens is 915 g/mol. The molecule has 0 atom stereocenters. The standard InChI is InChI=1S/C75H65N/c1-71(2,3)48-36-41-54-55-42-37-49(72(4,5)6)45-66(55)75(65(54)44-48)62-29-17-13-24-59(62)69-63(75)30-20-32-68(69)76(50-38-33-46(34-39-50)47-35-40-53-51-21-11-15-27-60(51)73(7,8)64(53)43-47)67-31-18-14-23-56(67)58-26-19-25-57-52-22-12-16-28-61(52)74(9,10)70(57)58/h11-45H,1-10H3. The number of rotatable bonds is 5. The van der Waals surface area contributed by atoms with E-state index in [0.29, 0.717) is 0 Å². The monoisotopic (exact) mass is 980 g/mol. The Morgan fingerprint density at radius 3 is 1.37 bits per heavy atom. The normalized spacial score (nSPS) is 15.3. The number of hydrogen-bond donors (Lipinski definition) is 0. The minimum atomic E-state index is -0.540. The van der Waals surface area contributed by atoms with Crippen LogP contribution in [0.1, 0.15) is 125 Å².